The molecule has 0 radical (unpaired) electrons. The third kappa shape index (κ3) is 5.01. The van der Waals surface area contributed by atoms with Gasteiger partial charge < -0.3 is 10.2 Å². The van der Waals surface area contributed by atoms with E-state index in [0.29, 0.717) is 30.3 Å². The van der Waals surface area contributed by atoms with Crippen molar-refractivity contribution in [1.82, 2.24) is 14.9 Å². The van der Waals surface area contributed by atoms with Gasteiger partial charge in [-0.25, -0.2) is 10.0 Å². The Labute approximate surface area is 153 Å². The number of hydroxylamine groups is 2. The summed E-state index contributed by atoms with van der Waals surface area (Å²) in [4.78, 5) is 41.5. The average Bonchev–Trinajstić information content (AvgIpc) is 2.59. The lowest BCUT2D eigenvalue weighted by Crippen LogP contribution is -2.59. The van der Waals surface area contributed by atoms with Gasteiger partial charge in [0.1, 0.15) is 11.9 Å². The quantitative estimate of drug-likeness (QED) is 0.394. The smallest absolute Gasteiger partial charge is 0.248 e. The van der Waals surface area contributed by atoms with Crippen molar-refractivity contribution in [1.29, 1.82) is 0 Å². The molecule has 2 heterocycles. The zero-order chi connectivity index (χ0) is 19.1. The zero-order valence-electron chi connectivity index (χ0n) is 15.2. The third-order valence-corrected chi connectivity index (χ3v) is 4.55. The molecule has 2 N–H and O–H groups in total. The molecule has 142 valence electrons. The second-order valence-corrected chi connectivity index (χ2v) is 6.61. The Bertz CT molecular complexity index is 635. The molecule has 1 fully saturated rings. The van der Waals surface area contributed by atoms with Gasteiger partial charge in [0.25, 0.3) is 0 Å². The van der Waals surface area contributed by atoms with Crippen molar-refractivity contribution in [3.8, 4) is 0 Å². The van der Waals surface area contributed by atoms with E-state index in [9.17, 15) is 19.6 Å². The number of aromatic nitrogens is 1. The number of hydrogen-bond acceptors (Lipinski definition) is 5. The highest BCUT2D eigenvalue weighted by atomic mass is 16.5. The number of likely N-dealkylation sites (tertiary alicyclic amines) is 1. The summed E-state index contributed by atoms with van der Waals surface area (Å²) in [7, 11) is 0. The minimum absolute atomic E-state index is 0.0628. The summed E-state index contributed by atoms with van der Waals surface area (Å²) in [5.74, 6) is -0.544. The molecule has 0 saturated carbocycles. The Hall–Kier alpha value is -2.48. The summed E-state index contributed by atoms with van der Waals surface area (Å²) in [6, 6.07) is 3.02. The van der Waals surface area contributed by atoms with Gasteiger partial charge in [-0.2, -0.15) is 0 Å². The van der Waals surface area contributed by atoms with Crippen molar-refractivity contribution in [2.75, 3.05) is 18.4 Å². The molecule has 1 saturated heterocycles. The molecule has 2 rings (SSSR count). The van der Waals surface area contributed by atoms with E-state index in [0.717, 1.165) is 18.4 Å². The molecular formula is C18H26N4O4. The predicted octanol–water partition coefficient (Wildman–Crippen LogP) is 1.58. The number of unbranched alkanes of at least 4 members (excludes halogenated alkanes) is 1. The van der Waals surface area contributed by atoms with Crippen LogP contribution in [0.5, 0.6) is 0 Å². The molecule has 1 aliphatic heterocycles. The highest BCUT2D eigenvalue weighted by molar-refractivity contribution is 5.98. The van der Waals surface area contributed by atoms with Gasteiger partial charge in [-0.05, 0) is 31.4 Å². The molecule has 0 bridgehead atoms. The molecule has 26 heavy (non-hydrogen) atoms. The highest BCUT2D eigenvalue weighted by Crippen LogP contribution is 2.24. The molecule has 2 atom stereocenters. The maximum atomic E-state index is 12.8. The number of carbonyl (C=O) groups excluding carboxylic acids is 3. The number of nitrogens with one attached hydrogen (secondary N) is 1. The van der Waals surface area contributed by atoms with Gasteiger partial charge in [-0.15, -0.1) is 0 Å². The van der Waals surface area contributed by atoms with Crippen LogP contribution in [-0.2, 0) is 14.4 Å². The van der Waals surface area contributed by atoms with Crippen molar-refractivity contribution < 1.29 is 19.6 Å². The summed E-state index contributed by atoms with van der Waals surface area (Å²) in [6.07, 6.45) is 4.80. The number of amides is 3. The van der Waals surface area contributed by atoms with Crippen LogP contribution in [0.15, 0.2) is 18.3 Å². The Morgan fingerprint density at radius 3 is 2.81 bits per heavy atom. The SMILES string of the molecule is CCCC[C@H](CN(O)C=O)C(=O)N1CC[C@H]1C(=O)Nc1ccc(C)cn1. The average molecular weight is 362 g/mol. The van der Waals surface area contributed by atoms with E-state index in [1.54, 1.807) is 12.3 Å². The van der Waals surface area contributed by atoms with Crippen LogP contribution in [0.1, 0.15) is 38.2 Å². The Morgan fingerprint density at radius 1 is 1.50 bits per heavy atom. The van der Waals surface area contributed by atoms with E-state index in [1.165, 1.54) is 4.90 Å². The Kier molecular flexibility index (Phi) is 7.08. The van der Waals surface area contributed by atoms with Crippen molar-refractivity contribution in [3.63, 3.8) is 0 Å². The van der Waals surface area contributed by atoms with E-state index in [2.05, 4.69) is 10.3 Å². The van der Waals surface area contributed by atoms with Crippen molar-refractivity contribution in [2.24, 2.45) is 5.92 Å². The molecule has 1 aliphatic rings. The van der Waals surface area contributed by atoms with E-state index in [4.69, 9.17) is 0 Å². The van der Waals surface area contributed by atoms with E-state index < -0.39 is 12.0 Å². The molecule has 0 aromatic carbocycles. The zero-order valence-corrected chi connectivity index (χ0v) is 15.2. The molecule has 1 aromatic heterocycles. The fourth-order valence-corrected chi connectivity index (χ4v) is 2.92. The van der Waals surface area contributed by atoms with Crippen molar-refractivity contribution in [3.05, 3.63) is 23.9 Å². The van der Waals surface area contributed by atoms with Crippen LogP contribution in [-0.4, -0.2) is 57.5 Å². The van der Waals surface area contributed by atoms with Gasteiger partial charge in [0.05, 0.1) is 12.5 Å². The maximum Gasteiger partial charge on any atom is 0.248 e. The number of nitrogens with zero attached hydrogens (tertiary/aromatic N) is 3. The van der Waals surface area contributed by atoms with Crippen LogP contribution in [0.25, 0.3) is 0 Å². The van der Waals surface area contributed by atoms with Crippen LogP contribution in [0.2, 0.25) is 0 Å². The van der Waals surface area contributed by atoms with Gasteiger partial charge in [0.2, 0.25) is 18.2 Å². The number of aryl methyl sites for hydroxylation is 1. The monoisotopic (exact) mass is 362 g/mol. The largest absolute Gasteiger partial charge is 0.330 e. The molecular weight excluding hydrogens is 336 g/mol. The summed E-state index contributed by atoms with van der Waals surface area (Å²) in [5, 5.41) is 12.7. The highest BCUT2D eigenvalue weighted by Gasteiger charge is 2.40. The lowest BCUT2D eigenvalue weighted by molar-refractivity contribution is -0.161. The fourth-order valence-electron chi connectivity index (χ4n) is 2.92. The number of pyridine rings is 1. The van der Waals surface area contributed by atoms with E-state index in [-0.39, 0.29) is 24.8 Å². The maximum absolute atomic E-state index is 12.8. The van der Waals surface area contributed by atoms with Crippen molar-refractivity contribution >= 4 is 24.0 Å². The number of hydrogen-bond donors (Lipinski definition) is 2. The van der Waals surface area contributed by atoms with Crippen LogP contribution in [0.3, 0.4) is 0 Å². The molecule has 8 heteroatoms. The summed E-state index contributed by atoms with van der Waals surface area (Å²) < 4.78 is 0. The normalized spacial score (nSPS) is 17.2. The minimum atomic E-state index is -0.543. The Balaban J connectivity index is 1.99. The lowest BCUT2D eigenvalue weighted by Gasteiger charge is -2.41. The van der Waals surface area contributed by atoms with E-state index in [1.807, 2.05) is 19.9 Å². The topological polar surface area (TPSA) is 103 Å². The summed E-state index contributed by atoms with van der Waals surface area (Å²) in [6.45, 7) is 4.34. The molecule has 0 aliphatic carbocycles. The molecule has 0 spiro atoms. The first-order valence-electron chi connectivity index (χ1n) is 8.91. The minimum Gasteiger partial charge on any atom is -0.330 e. The standard InChI is InChI=1S/C18H26N4O4/c1-3-4-5-14(11-21(26)12-23)18(25)22-9-8-15(22)17(24)20-16-7-6-13(2)10-19-16/h6-7,10,12,14-15,26H,3-5,8-9,11H2,1-2H3,(H,19,20,24)/t14-,15+/m1/s1. The van der Waals surface area contributed by atoms with E-state index >= 15 is 0 Å². The van der Waals surface area contributed by atoms with Crippen LogP contribution in [0.4, 0.5) is 5.82 Å². The first-order valence-corrected chi connectivity index (χ1v) is 8.91. The Morgan fingerprint density at radius 2 is 2.27 bits per heavy atom. The van der Waals surface area contributed by atoms with Crippen LogP contribution >= 0.6 is 0 Å². The second-order valence-electron chi connectivity index (χ2n) is 6.61. The van der Waals surface area contributed by atoms with Crippen molar-refractivity contribution in [2.45, 2.75) is 45.6 Å². The first-order chi connectivity index (χ1) is 12.5. The number of carbonyl (C=O) groups is 3. The first kappa shape index (κ1) is 19.8. The van der Waals surface area contributed by atoms with Gasteiger partial charge in [-0.1, -0.05) is 25.8 Å². The van der Waals surface area contributed by atoms with Gasteiger partial charge in [0.15, 0.2) is 0 Å². The molecule has 0 unspecified atom stereocenters. The lowest BCUT2D eigenvalue weighted by atomic mass is 9.94. The summed E-state index contributed by atoms with van der Waals surface area (Å²) >= 11 is 0. The number of rotatable bonds is 9. The summed E-state index contributed by atoms with van der Waals surface area (Å²) in [5.41, 5.74) is 0.992. The third-order valence-electron chi connectivity index (χ3n) is 4.55. The van der Waals surface area contributed by atoms with Gasteiger partial charge in [-0.3, -0.25) is 19.6 Å². The van der Waals surface area contributed by atoms with Gasteiger partial charge in [0, 0.05) is 12.7 Å². The molecule has 8 nitrogen and oxygen atoms in total. The number of anilines is 1. The fraction of sp³-hybridized carbons (Fsp3) is 0.556. The predicted molar refractivity (Wildman–Crippen MR) is 95.3 cm³/mol. The molecule has 1 aromatic rings. The van der Waals surface area contributed by atoms with Crippen LogP contribution in [0, 0.1) is 12.8 Å². The van der Waals surface area contributed by atoms with Crippen LogP contribution < -0.4 is 5.32 Å². The molecule has 3 amide bonds. The van der Waals surface area contributed by atoms with Gasteiger partial charge >= 0.3 is 0 Å². The second kappa shape index (κ2) is 9.28.